The standard InChI is InChI=1S/C11H15NO3S/c1-8-3-5-10(6-4-8)16(13,14)12-7-11-9(2)15-11/h3-6,9,11-12H,7H2,1-2H3/t9-,11-/m1/s1. The third kappa shape index (κ3) is 2.61. The highest BCUT2D eigenvalue weighted by Gasteiger charge is 2.34. The van der Waals surface area contributed by atoms with Crippen molar-refractivity contribution in [3.8, 4) is 0 Å². The molecule has 1 N–H and O–H groups in total. The van der Waals surface area contributed by atoms with Crippen LogP contribution in [0.5, 0.6) is 0 Å². The van der Waals surface area contributed by atoms with Crippen LogP contribution in [0.15, 0.2) is 29.2 Å². The van der Waals surface area contributed by atoms with E-state index in [1.165, 1.54) is 0 Å². The molecule has 0 aromatic heterocycles. The second-order valence-corrected chi connectivity index (χ2v) is 5.81. The summed E-state index contributed by atoms with van der Waals surface area (Å²) >= 11 is 0. The van der Waals surface area contributed by atoms with Crippen LogP contribution in [0.2, 0.25) is 0 Å². The lowest BCUT2D eigenvalue weighted by atomic mass is 10.2. The molecule has 2 atom stereocenters. The Morgan fingerprint density at radius 1 is 1.31 bits per heavy atom. The minimum Gasteiger partial charge on any atom is -0.368 e. The van der Waals surface area contributed by atoms with E-state index in [-0.39, 0.29) is 12.2 Å². The maximum Gasteiger partial charge on any atom is 0.240 e. The maximum atomic E-state index is 11.8. The highest BCUT2D eigenvalue weighted by atomic mass is 32.2. The molecule has 16 heavy (non-hydrogen) atoms. The summed E-state index contributed by atoms with van der Waals surface area (Å²) in [6, 6.07) is 6.78. The van der Waals surface area contributed by atoms with Crippen LogP contribution in [-0.2, 0) is 14.8 Å². The highest BCUT2D eigenvalue weighted by Crippen LogP contribution is 2.20. The first-order valence-electron chi connectivity index (χ1n) is 5.21. The number of aryl methyl sites for hydroxylation is 1. The quantitative estimate of drug-likeness (QED) is 0.802. The molecule has 1 aliphatic heterocycles. The van der Waals surface area contributed by atoms with Crippen molar-refractivity contribution in [3.63, 3.8) is 0 Å². The third-order valence-electron chi connectivity index (χ3n) is 2.64. The smallest absolute Gasteiger partial charge is 0.240 e. The van der Waals surface area contributed by atoms with Crippen LogP contribution in [0.25, 0.3) is 0 Å². The minimum absolute atomic E-state index is 0.0280. The topological polar surface area (TPSA) is 58.7 Å². The summed E-state index contributed by atoms with van der Waals surface area (Å²) in [6.45, 7) is 4.19. The van der Waals surface area contributed by atoms with Crippen LogP contribution in [0.4, 0.5) is 0 Å². The largest absolute Gasteiger partial charge is 0.368 e. The molecule has 1 heterocycles. The Kier molecular flexibility index (Phi) is 3.01. The highest BCUT2D eigenvalue weighted by molar-refractivity contribution is 7.89. The molecule has 5 heteroatoms. The van der Waals surface area contributed by atoms with Crippen molar-refractivity contribution in [2.75, 3.05) is 6.54 Å². The van der Waals surface area contributed by atoms with Gasteiger partial charge in [-0.25, -0.2) is 13.1 Å². The van der Waals surface area contributed by atoms with E-state index in [4.69, 9.17) is 4.74 Å². The van der Waals surface area contributed by atoms with Crippen LogP contribution in [0.1, 0.15) is 12.5 Å². The summed E-state index contributed by atoms with van der Waals surface area (Å²) in [5, 5.41) is 0. The fraction of sp³-hybridized carbons (Fsp3) is 0.455. The Morgan fingerprint density at radius 2 is 1.88 bits per heavy atom. The van der Waals surface area contributed by atoms with Crippen molar-refractivity contribution in [3.05, 3.63) is 29.8 Å². The second kappa shape index (κ2) is 4.16. The van der Waals surface area contributed by atoms with Crippen LogP contribution in [0.3, 0.4) is 0 Å². The number of ether oxygens (including phenoxy) is 1. The van der Waals surface area contributed by atoms with Crippen LogP contribution in [-0.4, -0.2) is 27.2 Å². The first-order valence-corrected chi connectivity index (χ1v) is 6.69. The predicted octanol–water partition coefficient (Wildman–Crippen LogP) is 1.06. The first kappa shape index (κ1) is 11.6. The Labute approximate surface area is 95.7 Å². The van der Waals surface area contributed by atoms with Crippen LogP contribution < -0.4 is 4.72 Å². The van der Waals surface area contributed by atoms with Gasteiger partial charge in [0, 0.05) is 6.54 Å². The fourth-order valence-corrected chi connectivity index (χ4v) is 2.48. The van der Waals surface area contributed by atoms with Gasteiger partial charge in [0.2, 0.25) is 10.0 Å². The third-order valence-corrected chi connectivity index (χ3v) is 4.08. The van der Waals surface area contributed by atoms with Crippen molar-refractivity contribution in [2.45, 2.75) is 31.0 Å². The minimum atomic E-state index is -3.39. The summed E-state index contributed by atoms with van der Waals surface area (Å²) in [7, 11) is -3.39. The van der Waals surface area contributed by atoms with Crippen molar-refractivity contribution < 1.29 is 13.2 Å². The van der Waals surface area contributed by atoms with Gasteiger partial charge in [-0.1, -0.05) is 17.7 Å². The Hall–Kier alpha value is -0.910. The Morgan fingerprint density at radius 3 is 2.38 bits per heavy atom. The van der Waals surface area contributed by atoms with E-state index in [0.29, 0.717) is 11.4 Å². The van der Waals surface area contributed by atoms with E-state index in [1.54, 1.807) is 24.3 Å². The Bertz CT molecular complexity index is 467. The maximum absolute atomic E-state index is 11.8. The first-order chi connectivity index (χ1) is 7.49. The van der Waals surface area contributed by atoms with E-state index >= 15 is 0 Å². The van der Waals surface area contributed by atoms with Gasteiger partial charge in [-0.15, -0.1) is 0 Å². The van der Waals surface area contributed by atoms with E-state index in [0.717, 1.165) is 5.56 Å². The average Bonchev–Trinajstić information content (AvgIpc) is 2.93. The zero-order chi connectivity index (χ0) is 11.8. The second-order valence-electron chi connectivity index (χ2n) is 4.04. The lowest BCUT2D eigenvalue weighted by Crippen LogP contribution is -2.28. The van der Waals surface area contributed by atoms with Crippen molar-refractivity contribution >= 4 is 10.0 Å². The van der Waals surface area contributed by atoms with Gasteiger partial charge in [-0.2, -0.15) is 0 Å². The summed E-state index contributed by atoms with van der Waals surface area (Å²) in [5.74, 6) is 0. The SMILES string of the molecule is Cc1ccc(S(=O)(=O)NC[C@H]2O[C@@H]2C)cc1. The Balaban J connectivity index is 2.03. The lowest BCUT2D eigenvalue weighted by molar-refractivity contribution is 0.377. The van der Waals surface area contributed by atoms with Crippen molar-refractivity contribution in [1.82, 2.24) is 4.72 Å². The summed E-state index contributed by atoms with van der Waals surface area (Å²) in [4.78, 5) is 0.298. The molecule has 0 amide bonds. The molecular weight excluding hydrogens is 226 g/mol. The molecule has 0 saturated carbocycles. The van der Waals surface area contributed by atoms with E-state index in [2.05, 4.69) is 4.72 Å². The van der Waals surface area contributed by atoms with Gasteiger partial charge >= 0.3 is 0 Å². The molecule has 4 nitrogen and oxygen atoms in total. The average molecular weight is 241 g/mol. The number of hydrogen-bond acceptors (Lipinski definition) is 3. The molecule has 0 bridgehead atoms. The normalized spacial score (nSPS) is 24.4. The molecule has 0 aliphatic carbocycles. The lowest BCUT2D eigenvalue weighted by Gasteiger charge is -2.05. The van der Waals surface area contributed by atoms with Gasteiger partial charge in [-0.05, 0) is 26.0 Å². The molecule has 1 aromatic carbocycles. The molecule has 1 aromatic rings. The summed E-state index contributed by atoms with van der Waals surface area (Å²) in [5.41, 5.74) is 1.04. The fourth-order valence-electron chi connectivity index (χ4n) is 1.44. The predicted molar refractivity (Wildman–Crippen MR) is 60.7 cm³/mol. The number of benzene rings is 1. The molecule has 1 fully saturated rings. The molecule has 0 unspecified atom stereocenters. The molecule has 88 valence electrons. The number of rotatable bonds is 4. The van der Waals surface area contributed by atoms with Crippen LogP contribution in [0, 0.1) is 6.92 Å². The molecule has 2 rings (SSSR count). The van der Waals surface area contributed by atoms with Crippen LogP contribution >= 0.6 is 0 Å². The van der Waals surface area contributed by atoms with Crippen molar-refractivity contribution in [2.24, 2.45) is 0 Å². The van der Waals surface area contributed by atoms with Gasteiger partial charge in [0.15, 0.2) is 0 Å². The van der Waals surface area contributed by atoms with Crippen molar-refractivity contribution in [1.29, 1.82) is 0 Å². The zero-order valence-electron chi connectivity index (χ0n) is 9.30. The molecule has 1 aliphatic rings. The van der Waals surface area contributed by atoms with Gasteiger partial charge < -0.3 is 4.74 Å². The van der Waals surface area contributed by atoms with Gasteiger partial charge in [0.05, 0.1) is 17.1 Å². The number of hydrogen-bond donors (Lipinski definition) is 1. The zero-order valence-corrected chi connectivity index (χ0v) is 10.1. The van der Waals surface area contributed by atoms with E-state index in [9.17, 15) is 8.42 Å². The molecule has 0 spiro atoms. The number of sulfonamides is 1. The molecular formula is C11H15NO3S. The van der Waals surface area contributed by atoms with Gasteiger partial charge in [-0.3, -0.25) is 0 Å². The molecule has 1 saturated heterocycles. The van der Waals surface area contributed by atoms with Gasteiger partial charge in [0.25, 0.3) is 0 Å². The number of nitrogens with one attached hydrogen (secondary N) is 1. The van der Waals surface area contributed by atoms with E-state index < -0.39 is 10.0 Å². The molecule has 0 radical (unpaired) electrons. The van der Waals surface area contributed by atoms with Gasteiger partial charge in [0.1, 0.15) is 0 Å². The monoisotopic (exact) mass is 241 g/mol. The summed E-state index contributed by atoms with van der Waals surface area (Å²) < 4.78 is 31.3. The number of epoxide rings is 1. The van der Waals surface area contributed by atoms with E-state index in [1.807, 2.05) is 13.8 Å². The summed E-state index contributed by atoms with van der Waals surface area (Å²) in [6.07, 6.45) is 0.195.